The highest BCUT2D eigenvalue weighted by Gasteiger charge is 2.35. The van der Waals surface area contributed by atoms with Gasteiger partial charge in [0.1, 0.15) is 5.92 Å². The Morgan fingerprint density at radius 2 is 2.29 bits per heavy atom. The van der Waals surface area contributed by atoms with Crippen molar-refractivity contribution in [2.75, 3.05) is 0 Å². The fourth-order valence-electron chi connectivity index (χ4n) is 1.45. The summed E-state index contributed by atoms with van der Waals surface area (Å²) in [5.41, 5.74) is 1.63. The SMILES string of the molecule is Cc1ccnc(C2CC(=O)OC2=O)c1. The number of hydrogen-bond donors (Lipinski definition) is 0. The molecule has 0 N–H and O–H groups in total. The van der Waals surface area contributed by atoms with Crippen molar-refractivity contribution in [2.45, 2.75) is 19.3 Å². The smallest absolute Gasteiger partial charge is 0.323 e. The molecule has 72 valence electrons. The Kier molecular flexibility index (Phi) is 2.04. The van der Waals surface area contributed by atoms with Gasteiger partial charge in [-0.15, -0.1) is 0 Å². The summed E-state index contributed by atoms with van der Waals surface area (Å²) >= 11 is 0. The van der Waals surface area contributed by atoms with E-state index in [9.17, 15) is 9.59 Å². The van der Waals surface area contributed by atoms with Gasteiger partial charge in [-0.1, -0.05) is 0 Å². The summed E-state index contributed by atoms with van der Waals surface area (Å²) in [4.78, 5) is 26.1. The van der Waals surface area contributed by atoms with Gasteiger partial charge in [-0.2, -0.15) is 0 Å². The Morgan fingerprint density at radius 1 is 1.50 bits per heavy atom. The van der Waals surface area contributed by atoms with Gasteiger partial charge in [0.2, 0.25) is 0 Å². The monoisotopic (exact) mass is 191 g/mol. The molecular formula is C10H9NO3. The van der Waals surface area contributed by atoms with Gasteiger partial charge in [0.25, 0.3) is 0 Å². The number of hydrogen-bond acceptors (Lipinski definition) is 4. The van der Waals surface area contributed by atoms with Gasteiger partial charge >= 0.3 is 11.9 Å². The second-order valence-corrected chi connectivity index (χ2v) is 3.31. The molecule has 1 aromatic rings. The van der Waals surface area contributed by atoms with Crippen LogP contribution in [0.2, 0.25) is 0 Å². The molecule has 2 rings (SSSR count). The normalized spacial score (nSPS) is 21.1. The quantitative estimate of drug-likeness (QED) is 0.489. The first kappa shape index (κ1) is 8.87. The molecule has 0 bridgehead atoms. The third-order valence-electron chi connectivity index (χ3n) is 2.16. The van der Waals surface area contributed by atoms with Crippen LogP contribution in [0.3, 0.4) is 0 Å². The molecule has 1 atom stereocenters. The molecule has 0 aliphatic carbocycles. The Morgan fingerprint density at radius 3 is 2.86 bits per heavy atom. The summed E-state index contributed by atoms with van der Waals surface area (Å²) in [7, 11) is 0. The number of ether oxygens (including phenoxy) is 1. The maximum Gasteiger partial charge on any atom is 0.323 e. The van der Waals surface area contributed by atoms with Crippen LogP contribution in [-0.4, -0.2) is 16.9 Å². The van der Waals surface area contributed by atoms with Crippen molar-refractivity contribution in [3.05, 3.63) is 29.6 Å². The van der Waals surface area contributed by atoms with Crippen LogP contribution in [0.4, 0.5) is 0 Å². The van der Waals surface area contributed by atoms with Crippen molar-refractivity contribution in [2.24, 2.45) is 0 Å². The van der Waals surface area contributed by atoms with Gasteiger partial charge in [-0.3, -0.25) is 14.6 Å². The number of aromatic nitrogens is 1. The summed E-state index contributed by atoms with van der Waals surface area (Å²) in [5, 5.41) is 0. The summed E-state index contributed by atoms with van der Waals surface area (Å²) < 4.78 is 4.45. The van der Waals surface area contributed by atoms with Crippen LogP contribution in [0.25, 0.3) is 0 Å². The predicted molar refractivity (Wildman–Crippen MR) is 47.4 cm³/mol. The standard InChI is InChI=1S/C10H9NO3/c1-6-2-3-11-8(4-6)7-5-9(12)14-10(7)13/h2-4,7H,5H2,1H3. The average molecular weight is 191 g/mol. The molecular weight excluding hydrogens is 182 g/mol. The maximum absolute atomic E-state index is 11.2. The van der Waals surface area contributed by atoms with E-state index in [0.717, 1.165) is 5.56 Å². The largest absolute Gasteiger partial charge is 0.393 e. The highest BCUT2D eigenvalue weighted by atomic mass is 16.6. The Bertz CT molecular complexity index is 400. The summed E-state index contributed by atoms with van der Waals surface area (Å²) in [6.07, 6.45) is 1.73. The number of aryl methyl sites for hydroxylation is 1. The van der Waals surface area contributed by atoms with E-state index < -0.39 is 17.9 Å². The van der Waals surface area contributed by atoms with Crippen LogP contribution >= 0.6 is 0 Å². The molecule has 0 aromatic carbocycles. The first-order chi connectivity index (χ1) is 6.66. The molecule has 1 aromatic heterocycles. The fraction of sp³-hybridized carbons (Fsp3) is 0.300. The number of pyridine rings is 1. The van der Waals surface area contributed by atoms with E-state index in [-0.39, 0.29) is 6.42 Å². The van der Waals surface area contributed by atoms with E-state index in [0.29, 0.717) is 5.69 Å². The highest BCUT2D eigenvalue weighted by Crippen LogP contribution is 2.25. The van der Waals surface area contributed by atoms with E-state index in [4.69, 9.17) is 0 Å². The maximum atomic E-state index is 11.2. The van der Waals surface area contributed by atoms with Crippen molar-refractivity contribution in [1.82, 2.24) is 4.98 Å². The average Bonchev–Trinajstić information content (AvgIpc) is 2.45. The second-order valence-electron chi connectivity index (χ2n) is 3.31. The number of carbonyl (C=O) groups is 2. The van der Waals surface area contributed by atoms with Crippen LogP contribution in [0.1, 0.15) is 23.6 Å². The van der Waals surface area contributed by atoms with Gasteiger partial charge in [0.15, 0.2) is 0 Å². The van der Waals surface area contributed by atoms with Crippen LogP contribution in [-0.2, 0) is 14.3 Å². The molecule has 14 heavy (non-hydrogen) atoms. The third-order valence-corrected chi connectivity index (χ3v) is 2.16. The van der Waals surface area contributed by atoms with Crippen LogP contribution in [0, 0.1) is 6.92 Å². The first-order valence-electron chi connectivity index (χ1n) is 4.34. The van der Waals surface area contributed by atoms with Gasteiger partial charge in [0, 0.05) is 6.20 Å². The molecule has 0 saturated carbocycles. The van der Waals surface area contributed by atoms with E-state index in [1.165, 1.54) is 0 Å². The van der Waals surface area contributed by atoms with Gasteiger partial charge < -0.3 is 4.74 Å². The van der Waals surface area contributed by atoms with E-state index in [2.05, 4.69) is 9.72 Å². The van der Waals surface area contributed by atoms with Crippen LogP contribution in [0.5, 0.6) is 0 Å². The van der Waals surface area contributed by atoms with Gasteiger partial charge in [0.05, 0.1) is 12.1 Å². The van der Waals surface area contributed by atoms with Crippen molar-refractivity contribution in [1.29, 1.82) is 0 Å². The molecule has 4 nitrogen and oxygen atoms in total. The molecule has 0 amide bonds. The van der Waals surface area contributed by atoms with Crippen molar-refractivity contribution in [3.63, 3.8) is 0 Å². The number of esters is 2. The minimum absolute atomic E-state index is 0.106. The highest BCUT2D eigenvalue weighted by molar-refractivity contribution is 5.97. The molecule has 1 aliphatic rings. The molecule has 0 spiro atoms. The number of nitrogens with zero attached hydrogens (tertiary/aromatic N) is 1. The molecule has 4 heteroatoms. The number of rotatable bonds is 1. The summed E-state index contributed by atoms with van der Waals surface area (Å²) in [6.45, 7) is 1.91. The molecule has 2 heterocycles. The zero-order valence-corrected chi connectivity index (χ0v) is 7.69. The second kappa shape index (κ2) is 3.21. The Balaban J connectivity index is 2.31. The van der Waals surface area contributed by atoms with E-state index >= 15 is 0 Å². The predicted octanol–water partition coefficient (Wildman–Crippen LogP) is 0.947. The molecule has 0 radical (unpaired) electrons. The number of carbonyl (C=O) groups excluding carboxylic acids is 2. The lowest BCUT2D eigenvalue weighted by Crippen LogP contribution is -2.07. The summed E-state index contributed by atoms with van der Waals surface area (Å²) in [6, 6.07) is 3.64. The zero-order valence-electron chi connectivity index (χ0n) is 7.69. The van der Waals surface area contributed by atoms with Crippen molar-refractivity contribution < 1.29 is 14.3 Å². The van der Waals surface area contributed by atoms with Crippen LogP contribution in [0.15, 0.2) is 18.3 Å². The summed E-state index contributed by atoms with van der Waals surface area (Å²) in [5.74, 6) is -1.47. The molecule has 1 saturated heterocycles. The fourth-order valence-corrected chi connectivity index (χ4v) is 1.45. The third kappa shape index (κ3) is 1.51. The van der Waals surface area contributed by atoms with Gasteiger partial charge in [-0.05, 0) is 24.6 Å². The lowest BCUT2D eigenvalue weighted by molar-refractivity contribution is -0.152. The van der Waals surface area contributed by atoms with E-state index in [1.54, 1.807) is 12.3 Å². The lowest BCUT2D eigenvalue weighted by Gasteiger charge is -2.03. The van der Waals surface area contributed by atoms with Crippen LogP contribution < -0.4 is 0 Å². The minimum atomic E-state index is -0.512. The zero-order chi connectivity index (χ0) is 10.1. The van der Waals surface area contributed by atoms with E-state index in [1.807, 2.05) is 13.0 Å². The van der Waals surface area contributed by atoms with Gasteiger partial charge in [-0.25, -0.2) is 0 Å². The Hall–Kier alpha value is -1.71. The first-order valence-corrected chi connectivity index (χ1v) is 4.34. The topological polar surface area (TPSA) is 56.3 Å². The number of cyclic esters (lactones) is 2. The minimum Gasteiger partial charge on any atom is -0.393 e. The Labute approximate surface area is 80.9 Å². The van der Waals surface area contributed by atoms with Crippen molar-refractivity contribution >= 4 is 11.9 Å². The lowest BCUT2D eigenvalue weighted by atomic mass is 10.0. The molecule has 1 unspecified atom stereocenters. The molecule has 1 fully saturated rings. The van der Waals surface area contributed by atoms with Crippen molar-refractivity contribution in [3.8, 4) is 0 Å². The molecule has 1 aliphatic heterocycles.